The summed E-state index contributed by atoms with van der Waals surface area (Å²) in [6, 6.07) is 11.0. The van der Waals surface area contributed by atoms with Gasteiger partial charge in [-0.25, -0.2) is 14.1 Å². The molecule has 0 amide bonds. The minimum Gasteiger partial charge on any atom is -0.460 e. The van der Waals surface area contributed by atoms with E-state index in [9.17, 15) is 14.5 Å². The van der Waals surface area contributed by atoms with Crippen molar-refractivity contribution in [1.82, 2.24) is 24.6 Å². The van der Waals surface area contributed by atoms with Crippen molar-refractivity contribution in [3.8, 4) is 5.75 Å². The number of nitrogen functional groups attached to an aromatic ring is 1. The molecule has 2 aromatic heterocycles. The summed E-state index contributed by atoms with van der Waals surface area (Å²) in [4.78, 5) is 18.8. The number of nitrogens with one attached hydrogen (secondary N) is 1. The summed E-state index contributed by atoms with van der Waals surface area (Å²) in [5, 5.41) is 18.1. The molecule has 1 aliphatic heterocycles. The Bertz CT molecular complexity index is 1340. The van der Waals surface area contributed by atoms with E-state index in [1.54, 1.807) is 53.9 Å². The number of benzene rings is 1. The second-order valence-electron chi connectivity index (χ2n) is 10.1. The van der Waals surface area contributed by atoms with Gasteiger partial charge in [-0.15, -0.1) is 0 Å². The van der Waals surface area contributed by atoms with Crippen LogP contribution in [-0.4, -0.2) is 88.3 Å². The number of aliphatic hydroxyl groups excluding tert-OH is 1. The molecule has 3 heterocycles. The van der Waals surface area contributed by atoms with Crippen LogP contribution in [-0.2, 0) is 29.8 Å². The number of carbonyl (C=O) groups is 1. The van der Waals surface area contributed by atoms with E-state index in [4.69, 9.17) is 24.3 Å². The van der Waals surface area contributed by atoms with Crippen molar-refractivity contribution >= 4 is 25.1 Å². The molecule has 1 unspecified atom stereocenters. The second-order valence-corrected chi connectivity index (χ2v) is 11.8. The molecule has 0 saturated carbocycles. The summed E-state index contributed by atoms with van der Waals surface area (Å²) in [7, 11) is -0.801. The third kappa shape index (κ3) is 7.17. The number of likely N-dealkylation sites (tertiary alicyclic amines) is 1. The Morgan fingerprint density at radius 2 is 2.05 bits per heavy atom. The van der Waals surface area contributed by atoms with E-state index in [0.29, 0.717) is 23.6 Å². The third-order valence-corrected chi connectivity index (χ3v) is 8.58. The number of hydrogen-bond donors (Lipinski definition) is 3. The number of methoxy groups -OCH3 is 1. The first-order chi connectivity index (χ1) is 19.0. The number of esters is 1. The van der Waals surface area contributed by atoms with Crippen LogP contribution in [0.1, 0.15) is 26.0 Å². The molecule has 14 heteroatoms. The average molecular weight is 577 g/mol. The normalized spacial score (nSPS) is 20.5. The smallest absolute Gasteiger partial charge is 0.459 e. The van der Waals surface area contributed by atoms with Gasteiger partial charge >= 0.3 is 13.7 Å². The van der Waals surface area contributed by atoms with Gasteiger partial charge < -0.3 is 29.7 Å². The molecular weight excluding hydrogens is 539 g/mol. The molecule has 13 nitrogen and oxygen atoms in total. The van der Waals surface area contributed by atoms with E-state index in [1.807, 2.05) is 7.05 Å². The molecule has 4 rings (SSSR count). The van der Waals surface area contributed by atoms with E-state index >= 15 is 0 Å². The monoisotopic (exact) mass is 576 g/mol. The zero-order chi connectivity index (χ0) is 28.9. The Labute approximate surface area is 233 Å². The quantitative estimate of drug-likeness (QED) is 0.201. The first kappa shape index (κ1) is 29.9. The number of ether oxygens (including phenoxy) is 2. The Morgan fingerprint density at radius 3 is 2.73 bits per heavy atom. The molecule has 0 bridgehead atoms. The van der Waals surface area contributed by atoms with Crippen molar-refractivity contribution in [2.45, 2.75) is 50.5 Å². The van der Waals surface area contributed by atoms with Crippen LogP contribution in [0.5, 0.6) is 5.75 Å². The number of anilines is 1. The molecular formula is C26H37N6O7P. The molecule has 1 fully saturated rings. The Hall–Kier alpha value is -3.06. The summed E-state index contributed by atoms with van der Waals surface area (Å²) in [5.41, 5.74) is 5.87. The Kier molecular flexibility index (Phi) is 9.44. The van der Waals surface area contributed by atoms with Crippen molar-refractivity contribution in [2.75, 3.05) is 39.6 Å². The van der Waals surface area contributed by atoms with Crippen LogP contribution in [0.4, 0.5) is 5.82 Å². The van der Waals surface area contributed by atoms with E-state index in [2.05, 4.69) is 20.1 Å². The zero-order valence-electron chi connectivity index (χ0n) is 23.1. The maximum Gasteiger partial charge on any atom is 0.459 e. The number of hydrogen-bond acceptors (Lipinski definition) is 11. The van der Waals surface area contributed by atoms with Gasteiger partial charge in [0.25, 0.3) is 0 Å². The largest absolute Gasteiger partial charge is 0.460 e. The molecule has 5 atom stereocenters. The van der Waals surface area contributed by atoms with Gasteiger partial charge in [-0.1, -0.05) is 18.2 Å². The maximum atomic E-state index is 14.0. The average Bonchev–Trinajstić information content (AvgIpc) is 3.54. The van der Waals surface area contributed by atoms with Gasteiger partial charge in [0.05, 0.1) is 12.7 Å². The van der Waals surface area contributed by atoms with Crippen LogP contribution in [0.25, 0.3) is 5.52 Å². The Morgan fingerprint density at radius 1 is 1.30 bits per heavy atom. The van der Waals surface area contributed by atoms with E-state index in [1.165, 1.54) is 20.4 Å². The molecule has 1 aromatic carbocycles. The number of aliphatic hydroxyl groups is 1. The predicted molar refractivity (Wildman–Crippen MR) is 148 cm³/mol. The van der Waals surface area contributed by atoms with Gasteiger partial charge in [0.2, 0.25) is 0 Å². The highest BCUT2D eigenvalue weighted by Crippen LogP contribution is 2.46. The van der Waals surface area contributed by atoms with Gasteiger partial charge in [0, 0.05) is 32.3 Å². The van der Waals surface area contributed by atoms with Crippen LogP contribution < -0.4 is 15.3 Å². The summed E-state index contributed by atoms with van der Waals surface area (Å²) in [6.45, 7) is 4.28. The first-order valence-electron chi connectivity index (χ1n) is 13.0. The molecule has 1 aliphatic rings. The lowest BCUT2D eigenvalue weighted by Crippen LogP contribution is -2.47. The fourth-order valence-corrected chi connectivity index (χ4v) is 5.92. The summed E-state index contributed by atoms with van der Waals surface area (Å²) < 4.78 is 38.3. The van der Waals surface area contributed by atoms with Gasteiger partial charge in [-0.05, 0) is 51.6 Å². The van der Waals surface area contributed by atoms with Crippen molar-refractivity contribution < 1.29 is 33.0 Å². The highest BCUT2D eigenvalue weighted by molar-refractivity contribution is 7.52. The SMILES string of the molecule is CO[C@](C)(COP(=O)(N[C@@H](C)C(=O)O[C@@H]1CCN(C)C1)Oc1ccccc1)[C@@H](O)Cc1ccc2c(N)ncnn12. The molecule has 218 valence electrons. The highest BCUT2D eigenvalue weighted by Gasteiger charge is 2.40. The lowest BCUT2D eigenvalue weighted by atomic mass is 9.96. The number of nitrogens with two attached hydrogens (primary N) is 1. The minimum absolute atomic E-state index is 0.119. The number of nitrogens with zero attached hydrogens (tertiary/aromatic N) is 4. The fraction of sp³-hybridized carbons (Fsp3) is 0.500. The second kappa shape index (κ2) is 12.6. The molecule has 4 N–H and O–H groups in total. The summed E-state index contributed by atoms with van der Waals surface area (Å²) in [5.74, 6) is 0.0101. The zero-order valence-corrected chi connectivity index (χ0v) is 24.0. The lowest BCUT2D eigenvalue weighted by Gasteiger charge is -2.34. The molecule has 1 saturated heterocycles. The van der Waals surface area contributed by atoms with Crippen LogP contribution >= 0.6 is 7.75 Å². The van der Waals surface area contributed by atoms with Crippen molar-refractivity contribution in [3.05, 3.63) is 54.5 Å². The van der Waals surface area contributed by atoms with Crippen LogP contribution in [0.15, 0.2) is 48.8 Å². The van der Waals surface area contributed by atoms with Crippen LogP contribution in [0.3, 0.4) is 0 Å². The molecule has 0 spiro atoms. The first-order valence-corrected chi connectivity index (χ1v) is 14.5. The number of carbonyl (C=O) groups excluding carboxylic acids is 1. The Balaban J connectivity index is 1.47. The fourth-order valence-electron chi connectivity index (χ4n) is 4.34. The predicted octanol–water partition coefficient (Wildman–Crippen LogP) is 2.05. The maximum absolute atomic E-state index is 14.0. The minimum atomic E-state index is -4.17. The molecule has 0 radical (unpaired) electrons. The van der Waals surface area contributed by atoms with Crippen molar-refractivity contribution in [1.29, 1.82) is 0 Å². The van der Waals surface area contributed by atoms with Gasteiger partial charge in [-0.3, -0.25) is 9.32 Å². The van der Waals surface area contributed by atoms with Crippen molar-refractivity contribution in [3.63, 3.8) is 0 Å². The van der Waals surface area contributed by atoms with Crippen molar-refractivity contribution in [2.24, 2.45) is 0 Å². The van der Waals surface area contributed by atoms with E-state index in [0.717, 1.165) is 13.0 Å². The highest BCUT2D eigenvalue weighted by atomic mass is 31.2. The van der Waals surface area contributed by atoms with E-state index < -0.39 is 31.5 Å². The van der Waals surface area contributed by atoms with Gasteiger partial charge in [-0.2, -0.15) is 10.2 Å². The number of aromatic nitrogens is 3. The standard InChI is InChI=1S/C26H37N6O7P/c1-18(25(34)38-21-12-13-31(3)15-21)30-40(35,39-20-8-6-5-7-9-20)37-16-26(2,36-4)23(33)14-19-10-11-22-24(27)28-17-29-32(19)22/h5-11,17-18,21,23,33H,12-16H2,1-4H3,(H,30,35)(H2,27,28,29)/t18-,21+,23-,26+,40?/m0/s1. The third-order valence-electron chi connectivity index (χ3n) is 6.96. The van der Waals surface area contributed by atoms with E-state index in [-0.39, 0.29) is 24.9 Å². The van der Waals surface area contributed by atoms with Gasteiger partial charge in [0.15, 0.2) is 5.82 Å². The number of para-hydroxylation sites is 1. The molecule has 3 aromatic rings. The molecule has 0 aliphatic carbocycles. The molecule has 40 heavy (non-hydrogen) atoms. The number of likely N-dealkylation sites (N-methyl/N-ethyl adjacent to an activating group) is 1. The van der Waals surface area contributed by atoms with Crippen LogP contribution in [0, 0.1) is 0 Å². The topological polar surface area (TPSA) is 163 Å². The van der Waals surface area contributed by atoms with Gasteiger partial charge in [0.1, 0.15) is 35.3 Å². The number of rotatable bonds is 13. The number of fused-ring (bicyclic) bond motifs is 1. The lowest BCUT2D eigenvalue weighted by molar-refractivity contribution is -0.150. The van der Waals surface area contributed by atoms with Crippen LogP contribution in [0.2, 0.25) is 0 Å². The summed E-state index contributed by atoms with van der Waals surface area (Å²) in [6.07, 6.45) is 0.822. The summed E-state index contributed by atoms with van der Waals surface area (Å²) >= 11 is 0.